The van der Waals surface area contributed by atoms with Gasteiger partial charge in [0.05, 0.1) is 7.11 Å². The second kappa shape index (κ2) is 7.65. The zero-order chi connectivity index (χ0) is 19.5. The normalized spacial score (nSPS) is 10.8. The summed E-state index contributed by atoms with van der Waals surface area (Å²) in [4.78, 5) is 21.5. The minimum Gasteiger partial charge on any atom is -0.496 e. The molecule has 142 valence electrons. The number of hydrogen-bond acceptors (Lipinski definition) is 7. The summed E-state index contributed by atoms with van der Waals surface area (Å²) in [7, 11) is 3.38. The van der Waals surface area contributed by atoms with E-state index in [1.807, 2.05) is 29.6 Å². The van der Waals surface area contributed by atoms with Gasteiger partial charge in [0.1, 0.15) is 11.6 Å². The van der Waals surface area contributed by atoms with E-state index >= 15 is 0 Å². The smallest absolute Gasteiger partial charge is 0.251 e. The third kappa shape index (κ3) is 3.39. The van der Waals surface area contributed by atoms with Crippen LogP contribution in [0.3, 0.4) is 0 Å². The molecule has 0 radical (unpaired) electrons. The lowest BCUT2D eigenvalue weighted by atomic mass is 10.2. The van der Waals surface area contributed by atoms with Gasteiger partial charge >= 0.3 is 0 Å². The molecule has 3 aromatic heterocycles. The molecule has 0 aliphatic heterocycles. The van der Waals surface area contributed by atoms with Crippen molar-refractivity contribution in [3.63, 3.8) is 0 Å². The number of nitrogens with one attached hydrogen (secondary N) is 2. The summed E-state index contributed by atoms with van der Waals surface area (Å²) in [6.07, 6.45) is 1.71. The van der Waals surface area contributed by atoms with Gasteiger partial charge in [0.25, 0.3) is 5.91 Å². The number of benzene rings is 1. The maximum Gasteiger partial charge on any atom is 0.251 e. The van der Waals surface area contributed by atoms with Crippen molar-refractivity contribution in [1.29, 1.82) is 0 Å². The van der Waals surface area contributed by atoms with Crippen LogP contribution >= 0.6 is 11.3 Å². The summed E-state index contributed by atoms with van der Waals surface area (Å²) in [5.41, 5.74) is 1.96. The highest BCUT2D eigenvalue weighted by Gasteiger charge is 2.15. The fourth-order valence-corrected chi connectivity index (χ4v) is 3.41. The van der Waals surface area contributed by atoms with Gasteiger partial charge < -0.3 is 15.4 Å². The third-order valence-corrected chi connectivity index (χ3v) is 4.98. The average molecular weight is 394 g/mol. The van der Waals surface area contributed by atoms with Gasteiger partial charge in [-0.2, -0.15) is 4.52 Å². The second-order valence-corrected chi connectivity index (χ2v) is 6.81. The van der Waals surface area contributed by atoms with E-state index in [1.54, 1.807) is 37.0 Å². The van der Waals surface area contributed by atoms with Crippen LogP contribution in [-0.4, -0.2) is 39.6 Å². The van der Waals surface area contributed by atoms with E-state index in [1.165, 1.54) is 11.3 Å². The molecular formula is C19H18N6O2S. The number of methoxy groups -OCH3 is 1. The molecule has 1 amide bonds. The van der Waals surface area contributed by atoms with Gasteiger partial charge in [-0.25, -0.2) is 9.97 Å². The van der Waals surface area contributed by atoms with Crippen LogP contribution in [0.25, 0.3) is 16.5 Å². The third-order valence-electron chi connectivity index (χ3n) is 4.21. The molecule has 9 heteroatoms. The first kappa shape index (κ1) is 17.9. The van der Waals surface area contributed by atoms with Crippen molar-refractivity contribution in [1.82, 2.24) is 24.9 Å². The molecule has 0 saturated carbocycles. The van der Waals surface area contributed by atoms with Crippen molar-refractivity contribution in [3.05, 3.63) is 59.1 Å². The lowest BCUT2D eigenvalue weighted by Gasteiger charge is -2.10. The summed E-state index contributed by atoms with van der Waals surface area (Å²) >= 11 is 1.46. The number of thiazole rings is 1. The minimum absolute atomic E-state index is 0.205. The predicted octanol–water partition coefficient (Wildman–Crippen LogP) is 2.83. The van der Waals surface area contributed by atoms with E-state index in [9.17, 15) is 4.79 Å². The van der Waals surface area contributed by atoms with Gasteiger partial charge in [-0.15, -0.1) is 16.4 Å². The molecule has 1 aromatic carbocycles. The molecule has 4 rings (SSSR count). The zero-order valence-electron chi connectivity index (χ0n) is 15.3. The molecule has 0 fully saturated rings. The van der Waals surface area contributed by atoms with Gasteiger partial charge in [-0.3, -0.25) is 4.79 Å². The Kier molecular flexibility index (Phi) is 4.90. The number of ether oxygens (including phenoxy) is 1. The summed E-state index contributed by atoms with van der Waals surface area (Å²) in [6, 6.07) is 11.0. The topological polar surface area (TPSA) is 93.4 Å². The number of fused-ring (bicyclic) bond motifs is 1. The molecule has 0 saturated heterocycles. The molecular weight excluding hydrogens is 376 g/mol. The van der Waals surface area contributed by atoms with Crippen molar-refractivity contribution in [2.75, 3.05) is 19.5 Å². The highest BCUT2D eigenvalue weighted by Crippen LogP contribution is 2.22. The fraction of sp³-hybridized carbons (Fsp3) is 0.158. The quantitative estimate of drug-likeness (QED) is 0.522. The van der Waals surface area contributed by atoms with E-state index in [0.717, 1.165) is 16.3 Å². The Morgan fingerprint density at radius 1 is 1.29 bits per heavy atom. The number of anilines is 1. The monoisotopic (exact) mass is 394 g/mol. The van der Waals surface area contributed by atoms with Crippen molar-refractivity contribution >= 4 is 28.7 Å². The van der Waals surface area contributed by atoms with Crippen LogP contribution in [0.5, 0.6) is 5.75 Å². The number of carbonyl (C=O) groups excluding carboxylic acids is 1. The lowest BCUT2D eigenvalue weighted by molar-refractivity contribution is 0.0950. The number of para-hydroxylation sites is 1. The molecule has 0 bridgehead atoms. The maximum atomic E-state index is 12.7. The Morgan fingerprint density at radius 3 is 2.89 bits per heavy atom. The van der Waals surface area contributed by atoms with Crippen LogP contribution < -0.4 is 15.4 Å². The minimum atomic E-state index is -0.205. The summed E-state index contributed by atoms with van der Waals surface area (Å²) in [5, 5.41) is 13.1. The van der Waals surface area contributed by atoms with Crippen LogP contribution in [-0.2, 0) is 6.54 Å². The number of hydrogen-bond donors (Lipinski definition) is 2. The number of aromatic nitrogens is 4. The molecule has 0 spiro atoms. The predicted molar refractivity (Wildman–Crippen MR) is 108 cm³/mol. The summed E-state index contributed by atoms with van der Waals surface area (Å²) in [6.45, 7) is 0.361. The Morgan fingerprint density at radius 2 is 2.14 bits per heavy atom. The van der Waals surface area contributed by atoms with E-state index in [0.29, 0.717) is 29.4 Å². The molecule has 28 heavy (non-hydrogen) atoms. The summed E-state index contributed by atoms with van der Waals surface area (Å²) < 4.78 is 6.99. The number of carbonyl (C=O) groups is 1. The number of pyridine rings is 1. The molecule has 3 heterocycles. The van der Waals surface area contributed by atoms with Gasteiger partial charge in [0.2, 0.25) is 5.82 Å². The van der Waals surface area contributed by atoms with Gasteiger partial charge in [-0.05, 0) is 18.2 Å². The highest BCUT2D eigenvalue weighted by molar-refractivity contribution is 7.13. The van der Waals surface area contributed by atoms with Crippen molar-refractivity contribution in [3.8, 4) is 16.6 Å². The molecule has 2 N–H and O–H groups in total. The molecule has 0 aliphatic carbocycles. The molecule has 0 aliphatic rings. The van der Waals surface area contributed by atoms with Crippen molar-refractivity contribution in [2.45, 2.75) is 6.54 Å². The average Bonchev–Trinajstić information content (AvgIpc) is 3.40. The Hall–Kier alpha value is -3.46. The standard InChI is InChI=1S/C19H18N6O2S/c1-20-15-9-13(18(26)22-11-12-5-3-4-6-14(12)27-2)10-16-23-17(24-25(15)16)19-21-7-8-28-19/h3-10,20H,11H2,1-2H3,(H,22,26). The lowest BCUT2D eigenvalue weighted by Crippen LogP contribution is -2.23. The van der Waals surface area contributed by atoms with Crippen molar-refractivity contribution < 1.29 is 9.53 Å². The van der Waals surface area contributed by atoms with Crippen LogP contribution in [0, 0.1) is 0 Å². The van der Waals surface area contributed by atoms with Crippen LogP contribution in [0.4, 0.5) is 5.82 Å². The number of amides is 1. The second-order valence-electron chi connectivity index (χ2n) is 5.92. The van der Waals surface area contributed by atoms with E-state index in [4.69, 9.17) is 4.74 Å². The van der Waals surface area contributed by atoms with E-state index < -0.39 is 0 Å². The first-order chi connectivity index (χ1) is 13.7. The zero-order valence-corrected chi connectivity index (χ0v) is 16.2. The summed E-state index contributed by atoms with van der Waals surface area (Å²) in [5.74, 6) is 1.72. The first-order valence-corrected chi connectivity index (χ1v) is 9.46. The Balaban J connectivity index is 1.61. The SMILES string of the molecule is CNc1cc(C(=O)NCc2ccccc2OC)cc2nc(-c3nccs3)nn12. The molecule has 8 nitrogen and oxygen atoms in total. The fourth-order valence-electron chi connectivity index (χ4n) is 2.84. The van der Waals surface area contributed by atoms with Crippen molar-refractivity contribution in [2.24, 2.45) is 0 Å². The van der Waals surface area contributed by atoms with Crippen LogP contribution in [0.2, 0.25) is 0 Å². The van der Waals surface area contributed by atoms with Gasteiger partial charge in [0.15, 0.2) is 10.7 Å². The Bertz CT molecular complexity index is 1120. The van der Waals surface area contributed by atoms with E-state index in [2.05, 4.69) is 25.7 Å². The van der Waals surface area contributed by atoms with Crippen LogP contribution in [0.1, 0.15) is 15.9 Å². The molecule has 0 unspecified atom stereocenters. The maximum absolute atomic E-state index is 12.7. The Labute approximate surface area is 165 Å². The largest absolute Gasteiger partial charge is 0.496 e. The first-order valence-electron chi connectivity index (χ1n) is 8.58. The molecule has 4 aromatic rings. The van der Waals surface area contributed by atoms with E-state index in [-0.39, 0.29) is 5.91 Å². The highest BCUT2D eigenvalue weighted by atomic mass is 32.1. The number of rotatable bonds is 6. The number of nitrogens with zero attached hydrogens (tertiary/aromatic N) is 4. The molecule has 0 atom stereocenters. The van der Waals surface area contributed by atoms with Gasteiger partial charge in [-0.1, -0.05) is 18.2 Å². The van der Waals surface area contributed by atoms with Crippen LogP contribution in [0.15, 0.2) is 48.0 Å². The van der Waals surface area contributed by atoms with Gasteiger partial charge in [0, 0.05) is 36.3 Å².